The molecular formula is C16H18N4. The molecule has 0 amide bonds. The lowest BCUT2D eigenvalue weighted by Gasteiger charge is -2.05. The van der Waals surface area contributed by atoms with E-state index in [4.69, 9.17) is 5.73 Å². The van der Waals surface area contributed by atoms with Crippen LogP contribution in [-0.4, -0.2) is 14.4 Å². The molecule has 2 N–H and O–H groups in total. The lowest BCUT2D eigenvalue weighted by atomic mass is 10.0. The fourth-order valence-electron chi connectivity index (χ4n) is 2.35. The Hall–Kier alpha value is -2.20. The van der Waals surface area contributed by atoms with E-state index in [-0.39, 0.29) is 0 Å². The van der Waals surface area contributed by atoms with Crippen molar-refractivity contribution in [3.8, 4) is 11.3 Å². The third-order valence-corrected chi connectivity index (χ3v) is 3.51. The van der Waals surface area contributed by atoms with Crippen molar-refractivity contribution in [2.24, 2.45) is 5.73 Å². The van der Waals surface area contributed by atoms with E-state index in [1.54, 1.807) is 6.20 Å². The highest BCUT2D eigenvalue weighted by Gasteiger charge is 2.12. The van der Waals surface area contributed by atoms with E-state index in [0.29, 0.717) is 12.5 Å². The first-order valence-electron chi connectivity index (χ1n) is 6.83. The van der Waals surface area contributed by atoms with E-state index in [1.807, 2.05) is 16.7 Å². The molecule has 0 radical (unpaired) electrons. The molecule has 3 aromatic rings. The first-order chi connectivity index (χ1) is 9.70. The zero-order valence-corrected chi connectivity index (χ0v) is 11.7. The Morgan fingerprint density at radius 3 is 2.60 bits per heavy atom. The van der Waals surface area contributed by atoms with Crippen molar-refractivity contribution in [1.82, 2.24) is 14.4 Å². The number of hydrogen-bond donors (Lipinski definition) is 1. The van der Waals surface area contributed by atoms with Crippen LogP contribution in [0.25, 0.3) is 16.9 Å². The Bertz CT molecular complexity index is 726. The maximum Gasteiger partial charge on any atom is 0.164 e. The average Bonchev–Trinajstić information content (AvgIpc) is 2.86. The molecule has 4 heteroatoms. The maximum atomic E-state index is 5.76. The van der Waals surface area contributed by atoms with Gasteiger partial charge in [-0.05, 0) is 17.5 Å². The molecule has 0 bridgehead atoms. The Balaban J connectivity index is 2.14. The quantitative estimate of drug-likeness (QED) is 0.793. The predicted octanol–water partition coefficient (Wildman–Crippen LogP) is 2.98. The molecule has 0 spiro atoms. The van der Waals surface area contributed by atoms with Gasteiger partial charge >= 0.3 is 0 Å². The molecule has 0 saturated carbocycles. The van der Waals surface area contributed by atoms with Crippen molar-refractivity contribution in [1.29, 1.82) is 0 Å². The van der Waals surface area contributed by atoms with Gasteiger partial charge in [0.2, 0.25) is 0 Å². The molecule has 0 fully saturated rings. The number of imidazole rings is 1. The smallest absolute Gasteiger partial charge is 0.164 e. The summed E-state index contributed by atoms with van der Waals surface area (Å²) in [6.07, 6.45) is 3.73. The minimum atomic E-state index is 0.400. The van der Waals surface area contributed by atoms with Crippen LogP contribution in [0.2, 0.25) is 0 Å². The van der Waals surface area contributed by atoms with Gasteiger partial charge in [-0.1, -0.05) is 38.1 Å². The van der Waals surface area contributed by atoms with Crippen LogP contribution in [0.5, 0.6) is 0 Å². The largest absolute Gasteiger partial charge is 0.324 e. The summed E-state index contributed by atoms with van der Waals surface area (Å²) in [5, 5.41) is 0. The SMILES string of the molecule is CC(C)c1ccc(-c2nc(CN)n3cccnc23)cc1. The van der Waals surface area contributed by atoms with Gasteiger partial charge in [0.15, 0.2) is 5.65 Å². The summed E-state index contributed by atoms with van der Waals surface area (Å²) in [5.41, 5.74) is 9.90. The van der Waals surface area contributed by atoms with Gasteiger partial charge in [-0.25, -0.2) is 9.97 Å². The Kier molecular flexibility index (Phi) is 3.24. The minimum absolute atomic E-state index is 0.400. The number of nitrogens with two attached hydrogens (primary N) is 1. The molecule has 2 aromatic heterocycles. The first kappa shape index (κ1) is 12.8. The van der Waals surface area contributed by atoms with E-state index in [2.05, 4.69) is 48.1 Å². The zero-order valence-electron chi connectivity index (χ0n) is 11.7. The summed E-state index contributed by atoms with van der Waals surface area (Å²) in [7, 11) is 0. The summed E-state index contributed by atoms with van der Waals surface area (Å²) in [6.45, 7) is 4.78. The molecule has 4 nitrogen and oxygen atoms in total. The summed E-state index contributed by atoms with van der Waals surface area (Å²) in [4.78, 5) is 9.06. The molecule has 0 aliphatic heterocycles. The van der Waals surface area contributed by atoms with Crippen LogP contribution in [0.15, 0.2) is 42.7 Å². The highest BCUT2D eigenvalue weighted by atomic mass is 15.1. The van der Waals surface area contributed by atoms with Crippen LogP contribution >= 0.6 is 0 Å². The normalized spacial score (nSPS) is 11.4. The summed E-state index contributed by atoms with van der Waals surface area (Å²) in [6, 6.07) is 10.4. The van der Waals surface area contributed by atoms with Crippen LogP contribution in [0.1, 0.15) is 31.2 Å². The Morgan fingerprint density at radius 1 is 1.20 bits per heavy atom. The standard InChI is InChI=1S/C16H18N4/c1-11(2)12-4-6-13(7-5-12)15-16-18-8-3-9-20(16)14(10-17)19-15/h3-9,11H,10,17H2,1-2H3. The van der Waals surface area contributed by atoms with Crippen molar-refractivity contribution in [3.63, 3.8) is 0 Å². The minimum Gasteiger partial charge on any atom is -0.324 e. The molecule has 2 heterocycles. The Labute approximate surface area is 118 Å². The maximum absolute atomic E-state index is 5.76. The van der Waals surface area contributed by atoms with E-state index < -0.39 is 0 Å². The summed E-state index contributed by atoms with van der Waals surface area (Å²) < 4.78 is 1.95. The Morgan fingerprint density at radius 2 is 1.95 bits per heavy atom. The van der Waals surface area contributed by atoms with E-state index in [9.17, 15) is 0 Å². The fourth-order valence-corrected chi connectivity index (χ4v) is 2.35. The molecule has 20 heavy (non-hydrogen) atoms. The molecule has 0 unspecified atom stereocenters. The van der Waals surface area contributed by atoms with Gasteiger partial charge in [-0.3, -0.25) is 4.40 Å². The van der Waals surface area contributed by atoms with Crippen LogP contribution in [0.3, 0.4) is 0 Å². The fraction of sp³-hybridized carbons (Fsp3) is 0.250. The molecule has 102 valence electrons. The van der Waals surface area contributed by atoms with Crippen molar-refractivity contribution >= 4 is 5.65 Å². The second-order valence-electron chi connectivity index (χ2n) is 5.17. The first-order valence-corrected chi connectivity index (χ1v) is 6.83. The van der Waals surface area contributed by atoms with Gasteiger partial charge in [0.05, 0.1) is 6.54 Å². The topological polar surface area (TPSA) is 56.2 Å². The lowest BCUT2D eigenvalue weighted by molar-refractivity contribution is 0.867. The highest BCUT2D eigenvalue weighted by Crippen LogP contribution is 2.25. The van der Waals surface area contributed by atoms with Gasteiger partial charge in [0.1, 0.15) is 11.5 Å². The monoisotopic (exact) mass is 266 g/mol. The second-order valence-corrected chi connectivity index (χ2v) is 5.17. The van der Waals surface area contributed by atoms with Crippen molar-refractivity contribution < 1.29 is 0 Å². The van der Waals surface area contributed by atoms with Gasteiger partial charge in [-0.15, -0.1) is 0 Å². The van der Waals surface area contributed by atoms with E-state index in [1.165, 1.54) is 5.56 Å². The number of benzene rings is 1. The third kappa shape index (κ3) is 2.08. The number of fused-ring (bicyclic) bond motifs is 1. The number of aromatic nitrogens is 3. The van der Waals surface area contributed by atoms with Crippen LogP contribution < -0.4 is 5.73 Å². The molecule has 3 rings (SSSR count). The third-order valence-electron chi connectivity index (χ3n) is 3.51. The summed E-state index contributed by atoms with van der Waals surface area (Å²) in [5.74, 6) is 1.36. The highest BCUT2D eigenvalue weighted by molar-refractivity contribution is 5.74. The molecule has 0 saturated heterocycles. The number of nitrogens with zero attached hydrogens (tertiary/aromatic N) is 3. The summed E-state index contributed by atoms with van der Waals surface area (Å²) >= 11 is 0. The van der Waals surface area contributed by atoms with Gasteiger partial charge in [-0.2, -0.15) is 0 Å². The van der Waals surface area contributed by atoms with Crippen LogP contribution in [0.4, 0.5) is 0 Å². The van der Waals surface area contributed by atoms with Gasteiger partial charge < -0.3 is 5.73 Å². The molecule has 0 atom stereocenters. The van der Waals surface area contributed by atoms with Crippen molar-refractivity contribution in [2.75, 3.05) is 0 Å². The van der Waals surface area contributed by atoms with E-state index >= 15 is 0 Å². The number of rotatable bonds is 3. The predicted molar refractivity (Wildman–Crippen MR) is 80.4 cm³/mol. The molecule has 0 aliphatic carbocycles. The van der Waals surface area contributed by atoms with E-state index in [0.717, 1.165) is 22.7 Å². The van der Waals surface area contributed by atoms with Gasteiger partial charge in [0, 0.05) is 18.0 Å². The molecule has 1 aromatic carbocycles. The van der Waals surface area contributed by atoms with Crippen molar-refractivity contribution in [2.45, 2.75) is 26.3 Å². The second kappa shape index (κ2) is 5.06. The lowest BCUT2D eigenvalue weighted by Crippen LogP contribution is -2.02. The molecule has 0 aliphatic rings. The van der Waals surface area contributed by atoms with Crippen LogP contribution in [0, 0.1) is 0 Å². The van der Waals surface area contributed by atoms with Gasteiger partial charge in [0.25, 0.3) is 0 Å². The van der Waals surface area contributed by atoms with Crippen LogP contribution in [-0.2, 0) is 6.54 Å². The average molecular weight is 266 g/mol. The zero-order chi connectivity index (χ0) is 14.1. The molecular weight excluding hydrogens is 248 g/mol. The van der Waals surface area contributed by atoms with Crippen molar-refractivity contribution in [3.05, 3.63) is 54.1 Å². The number of hydrogen-bond acceptors (Lipinski definition) is 3.